The lowest BCUT2D eigenvalue weighted by molar-refractivity contribution is 0.340. The van der Waals surface area contributed by atoms with Crippen LogP contribution in [-0.2, 0) is 0 Å². The first-order valence-corrected chi connectivity index (χ1v) is 8.78. The second-order valence-electron chi connectivity index (χ2n) is 6.06. The normalized spacial score (nSPS) is 11.3. The molecule has 0 radical (unpaired) electrons. The minimum atomic E-state index is 0.667. The average molecular weight is 340 g/mol. The molecule has 128 valence electrons. The fourth-order valence-electron chi connectivity index (χ4n) is 2.97. The van der Waals surface area contributed by atoms with Gasteiger partial charge in [-0.25, -0.2) is 4.98 Å². The first-order chi connectivity index (χ1) is 12.8. The highest BCUT2D eigenvalue weighted by Gasteiger charge is 2.03. The van der Waals surface area contributed by atoms with Crippen LogP contribution >= 0.6 is 0 Å². The van der Waals surface area contributed by atoms with Crippen LogP contribution in [0.2, 0.25) is 0 Å². The molecule has 3 heteroatoms. The van der Waals surface area contributed by atoms with Gasteiger partial charge in [0.15, 0.2) is 0 Å². The molecule has 0 amide bonds. The van der Waals surface area contributed by atoms with Crippen molar-refractivity contribution in [1.82, 2.24) is 9.97 Å². The Hall–Kier alpha value is -3.33. The standard InChI is InChI=1S/C23H20N2O/c1-2-26-20-10-6-7-17(15-20)11-14-23-24-21-13-12-19(16-22(21)25-23)18-8-4-3-5-9-18/h3-16H,2H2,1H3,(H,24,25). The molecule has 1 aromatic heterocycles. The molecule has 1 N–H and O–H groups in total. The predicted molar refractivity (Wildman–Crippen MR) is 108 cm³/mol. The SMILES string of the molecule is CCOc1cccc(C=Cc2nc3ccc(-c4ccccc4)cc3[nH]2)c1. The molecule has 0 aliphatic heterocycles. The number of aromatic amines is 1. The number of rotatable bonds is 5. The van der Waals surface area contributed by atoms with Gasteiger partial charge in [0.2, 0.25) is 0 Å². The van der Waals surface area contributed by atoms with E-state index in [1.165, 1.54) is 11.1 Å². The van der Waals surface area contributed by atoms with Crippen molar-refractivity contribution in [2.75, 3.05) is 6.61 Å². The van der Waals surface area contributed by atoms with E-state index in [2.05, 4.69) is 58.5 Å². The van der Waals surface area contributed by atoms with Gasteiger partial charge in [-0.15, -0.1) is 0 Å². The maximum atomic E-state index is 5.54. The molecule has 0 atom stereocenters. The molecule has 3 nitrogen and oxygen atoms in total. The zero-order valence-corrected chi connectivity index (χ0v) is 14.6. The Morgan fingerprint density at radius 2 is 1.77 bits per heavy atom. The van der Waals surface area contributed by atoms with Gasteiger partial charge in [0, 0.05) is 0 Å². The number of benzene rings is 3. The van der Waals surface area contributed by atoms with E-state index in [1.54, 1.807) is 0 Å². The van der Waals surface area contributed by atoms with Crippen molar-refractivity contribution >= 4 is 23.2 Å². The van der Waals surface area contributed by atoms with Crippen LogP contribution in [0.5, 0.6) is 5.75 Å². The molecule has 0 aliphatic rings. The highest BCUT2D eigenvalue weighted by molar-refractivity contribution is 5.84. The van der Waals surface area contributed by atoms with Gasteiger partial charge in [0.25, 0.3) is 0 Å². The van der Waals surface area contributed by atoms with E-state index >= 15 is 0 Å². The van der Waals surface area contributed by atoms with Crippen molar-refractivity contribution in [1.29, 1.82) is 0 Å². The summed E-state index contributed by atoms with van der Waals surface area (Å²) < 4.78 is 5.54. The van der Waals surface area contributed by atoms with Crippen LogP contribution in [0.4, 0.5) is 0 Å². The first kappa shape index (κ1) is 16.2. The third kappa shape index (κ3) is 3.52. The molecule has 26 heavy (non-hydrogen) atoms. The number of imidazole rings is 1. The zero-order chi connectivity index (χ0) is 17.8. The number of H-pyrrole nitrogens is 1. The summed E-state index contributed by atoms with van der Waals surface area (Å²) in [5.41, 5.74) is 5.47. The summed E-state index contributed by atoms with van der Waals surface area (Å²) in [5, 5.41) is 0. The van der Waals surface area contributed by atoms with Crippen LogP contribution < -0.4 is 4.74 Å². The largest absolute Gasteiger partial charge is 0.494 e. The van der Waals surface area contributed by atoms with E-state index in [-0.39, 0.29) is 0 Å². The summed E-state index contributed by atoms with van der Waals surface area (Å²) in [5.74, 6) is 1.72. The summed E-state index contributed by atoms with van der Waals surface area (Å²) in [4.78, 5) is 8.03. The van der Waals surface area contributed by atoms with Gasteiger partial charge in [-0.1, -0.05) is 54.6 Å². The molecule has 0 spiro atoms. The van der Waals surface area contributed by atoms with E-state index in [1.807, 2.05) is 43.3 Å². The van der Waals surface area contributed by atoms with E-state index in [9.17, 15) is 0 Å². The molecule has 0 aliphatic carbocycles. The second kappa shape index (κ2) is 7.28. The van der Waals surface area contributed by atoms with Crippen LogP contribution in [0.1, 0.15) is 18.3 Å². The van der Waals surface area contributed by atoms with Gasteiger partial charge >= 0.3 is 0 Å². The number of hydrogen-bond acceptors (Lipinski definition) is 2. The van der Waals surface area contributed by atoms with Gasteiger partial charge in [-0.05, 0) is 54.0 Å². The third-order valence-electron chi connectivity index (χ3n) is 4.21. The van der Waals surface area contributed by atoms with E-state index in [0.29, 0.717) is 6.61 Å². The summed E-state index contributed by atoms with van der Waals surface area (Å²) >= 11 is 0. The summed E-state index contributed by atoms with van der Waals surface area (Å²) in [7, 11) is 0. The fraction of sp³-hybridized carbons (Fsp3) is 0.0870. The van der Waals surface area contributed by atoms with Crippen molar-refractivity contribution in [3.8, 4) is 16.9 Å². The topological polar surface area (TPSA) is 37.9 Å². The molecule has 3 aromatic carbocycles. The van der Waals surface area contributed by atoms with Crippen molar-refractivity contribution in [3.63, 3.8) is 0 Å². The van der Waals surface area contributed by atoms with Gasteiger partial charge in [0.1, 0.15) is 11.6 Å². The lowest BCUT2D eigenvalue weighted by atomic mass is 10.1. The molecule has 0 saturated carbocycles. The van der Waals surface area contributed by atoms with Crippen molar-refractivity contribution in [2.45, 2.75) is 6.92 Å². The second-order valence-corrected chi connectivity index (χ2v) is 6.06. The average Bonchev–Trinajstić information content (AvgIpc) is 3.10. The van der Waals surface area contributed by atoms with Gasteiger partial charge in [-0.3, -0.25) is 0 Å². The van der Waals surface area contributed by atoms with Gasteiger partial charge in [-0.2, -0.15) is 0 Å². The highest BCUT2D eigenvalue weighted by Crippen LogP contribution is 2.23. The van der Waals surface area contributed by atoms with Crippen LogP contribution in [0, 0.1) is 0 Å². The maximum Gasteiger partial charge on any atom is 0.131 e. The lowest BCUT2D eigenvalue weighted by Gasteiger charge is -2.02. The van der Waals surface area contributed by atoms with Gasteiger partial charge < -0.3 is 9.72 Å². The van der Waals surface area contributed by atoms with Crippen molar-refractivity contribution in [3.05, 3.63) is 84.2 Å². The molecule has 4 rings (SSSR count). The Balaban J connectivity index is 1.60. The minimum absolute atomic E-state index is 0.667. The first-order valence-electron chi connectivity index (χ1n) is 8.78. The molecule has 1 heterocycles. The Kier molecular flexibility index (Phi) is 4.52. The molecule has 0 bridgehead atoms. The van der Waals surface area contributed by atoms with Crippen LogP contribution in [0.25, 0.3) is 34.3 Å². The number of nitrogens with zero attached hydrogens (tertiary/aromatic N) is 1. The number of nitrogens with one attached hydrogen (secondary N) is 1. The third-order valence-corrected chi connectivity index (χ3v) is 4.21. The number of hydrogen-bond donors (Lipinski definition) is 1. The van der Waals surface area contributed by atoms with Crippen molar-refractivity contribution < 1.29 is 4.74 Å². The lowest BCUT2D eigenvalue weighted by Crippen LogP contribution is -1.90. The molecular weight excluding hydrogens is 320 g/mol. The Morgan fingerprint density at radius 1 is 0.885 bits per heavy atom. The van der Waals surface area contributed by atoms with E-state index in [0.717, 1.165) is 28.2 Å². The number of ether oxygens (including phenoxy) is 1. The number of fused-ring (bicyclic) bond motifs is 1. The molecule has 0 unspecified atom stereocenters. The Bertz CT molecular complexity index is 1050. The molecule has 0 fully saturated rings. The maximum absolute atomic E-state index is 5.54. The summed E-state index contributed by atoms with van der Waals surface area (Å²) in [6, 6.07) is 24.7. The Labute approximate surface area is 153 Å². The van der Waals surface area contributed by atoms with Gasteiger partial charge in [0.05, 0.1) is 17.6 Å². The van der Waals surface area contributed by atoms with E-state index in [4.69, 9.17) is 4.74 Å². The molecular formula is C23H20N2O. The van der Waals surface area contributed by atoms with Crippen LogP contribution in [0.3, 0.4) is 0 Å². The quantitative estimate of drug-likeness (QED) is 0.498. The van der Waals surface area contributed by atoms with Crippen LogP contribution in [0.15, 0.2) is 72.8 Å². The zero-order valence-electron chi connectivity index (χ0n) is 14.6. The number of aromatic nitrogens is 2. The predicted octanol–water partition coefficient (Wildman–Crippen LogP) is 5.80. The molecule has 0 saturated heterocycles. The van der Waals surface area contributed by atoms with E-state index < -0.39 is 0 Å². The summed E-state index contributed by atoms with van der Waals surface area (Å²) in [6.45, 7) is 2.65. The monoisotopic (exact) mass is 340 g/mol. The summed E-state index contributed by atoms with van der Waals surface area (Å²) in [6.07, 6.45) is 4.03. The smallest absolute Gasteiger partial charge is 0.131 e. The fourth-order valence-corrected chi connectivity index (χ4v) is 2.97. The Morgan fingerprint density at radius 3 is 2.62 bits per heavy atom. The van der Waals surface area contributed by atoms with Crippen LogP contribution in [-0.4, -0.2) is 16.6 Å². The van der Waals surface area contributed by atoms with Crippen molar-refractivity contribution in [2.24, 2.45) is 0 Å². The minimum Gasteiger partial charge on any atom is -0.494 e. The highest BCUT2D eigenvalue weighted by atomic mass is 16.5. The molecule has 4 aromatic rings.